The number of benzene rings is 2. The van der Waals surface area contributed by atoms with Crippen LogP contribution in [0.3, 0.4) is 0 Å². The van der Waals surface area contributed by atoms with E-state index >= 15 is 0 Å². The fraction of sp³-hybridized carbons (Fsp3) is 0.316. The summed E-state index contributed by atoms with van der Waals surface area (Å²) >= 11 is 6.13. The predicted molar refractivity (Wildman–Crippen MR) is 100 cm³/mol. The minimum atomic E-state index is -6.47. The highest BCUT2D eigenvalue weighted by molar-refractivity contribution is 6.32. The Hall–Kier alpha value is -2.69. The normalized spacial score (nSPS) is 12.8. The molecule has 0 aliphatic rings. The van der Waals surface area contributed by atoms with E-state index in [1.165, 1.54) is 12.1 Å². The molecule has 0 radical (unpaired) electrons. The topological polar surface area (TPSA) is 42.8 Å². The molecule has 0 spiro atoms. The Balaban J connectivity index is 2.20. The second-order valence-electron chi connectivity index (χ2n) is 6.05. The molecule has 0 atom stereocenters. The minimum absolute atomic E-state index is 0.0147. The van der Waals surface area contributed by atoms with Crippen LogP contribution in [0, 0.1) is 0 Å². The Kier molecular flexibility index (Phi) is 7.63. The number of hydrazone groups is 1. The molecule has 0 unspecified atom stereocenters. The number of hydrogen-bond donors (Lipinski definition) is 1. The highest BCUT2D eigenvalue weighted by Gasteiger charge is 2.73. The molecule has 0 amide bonds. The number of nitrogens with one attached hydrogen (secondary N) is 1. The Labute approximate surface area is 177 Å². The van der Waals surface area contributed by atoms with Crippen molar-refractivity contribution in [2.75, 3.05) is 6.61 Å². The van der Waals surface area contributed by atoms with Crippen LogP contribution in [0.25, 0.3) is 0 Å². The zero-order valence-corrected chi connectivity index (χ0v) is 16.6. The smallest absolute Gasteiger partial charge is 0.462 e. The van der Waals surface area contributed by atoms with Gasteiger partial charge in [-0.25, -0.2) is 5.43 Å². The summed E-state index contributed by atoms with van der Waals surface area (Å²) in [7, 11) is 0. The number of ether oxygens (including phenoxy) is 2. The molecule has 0 aromatic heterocycles. The third kappa shape index (κ3) is 5.93. The van der Waals surface area contributed by atoms with Crippen molar-refractivity contribution in [1.29, 1.82) is 0 Å². The molecular formula is C19H16ClF7N2O2. The van der Waals surface area contributed by atoms with E-state index in [0.29, 0.717) is 11.6 Å². The van der Waals surface area contributed by atoms with Gasteiger partial charge < -0.3 is 9.47 Å². The molecule has 2 rings (SSSR count). The quantitative estimate of drug-likeness (QED) is 0.210. The first-order valence-electron chi connectivity index (χ1n) is 8.64. The number of alkyl halides is 7. The predicted octanol–water partition coefficient (Wildman–Crippen LogP) is 6.03. The number of halogens is 8. The Morgan fingerprint density at radius 2 is 1.65 bits per heavy atom. The van der Waals surface area contributed by atoms with E-state index in [2.05, 4.69) is 5.10 Å². The summed E-state index contributed by atoms with van der Waals surface area (Å²) < 4.78 is 99.7. The first-order chi connectivity index (χ1) is 14.4. The van der Waals surface area contributed by atoms with Gasteiger partial charge in [-0.3, -0.25) is 0 Å². The van der Waals surface area contributed by atoms with Gasteiger partial charge in [0.25, 0.3) is 0 Å². The zero-order valence-electron chi connectivity index (χ0n) is 15.8. The van der Waals surface area contributed by atoms with Crippen LogP contribution in [0.5, 0.6) is 11.5 Å². The highest BCUT2D eigenvalue weighted by atomic mass is 35.5. The summed E-state index contributed by atoms with van der Waals surface area (Å²) in [5.41, 5.74) is 1.35. The average molecular weight is 473 g/mol. The number of hydrogen-bond acceptors (Lipinski definition) is 4. The van der Waals surface area contributed by atoms with Gasteiger partial charge in [-0.2, -0.15) is 35.8 Å². The van der Waals surface area contributed by atoms with Crippen molar-refractivity contribution in [3.63, 3.8) is 0 Å². The lowest BCUT2D eigenvalue weighted by atomic mass is 10.2. The van der Waals surface area contributed by atoms with E-state index in [4.69, 9.17) is 21.1 Å². The second-order valence-corrected chi connectivity index (χ2v) is 6.46. The van der Waals surface area contributed by atoms with Gasteiger partial charge in [-0.1, -0.05) is 41.9 Å². The van der Waals surface area contributed by atoms with E-state index in [-0.39, 0.29) is 35.3 Å². The first kappa shape index (κ1) is 24.6. The molecule has 0 saturated heterocycles. The van der Waals surface area contributed by atoms with Crippen LogP contribution in [0.4, 0.5) is 30.7 Å². The SMILES string of the molecule is CCOc1cc(/C=N/NC(F)(F)C(F)(F)C(F)(F)F)cc(Cl)c1OCc1ccccc1. The lowest BCUT2D eigenvalue weighted by Crippen LogP contribution is -2.58. The van der Waals surface area contributed by atoms with Crippen LogP contribution < -0.4 is 14.9 Å². The summed E-state index contributed by atoms with van der Waals surface area (Å²) in [6.07, 6.45) is -5.88. The van der Waals surface area contributed by atoms with Crippen molar-refractivity contribution < 1.29 is 40.2 Å². The minimum Gasteiger partial charge on any atom is -0.490 e. The molecule has 12 heteroatoms. The Morgan fingerprint density at radius 1 is 1.00 bits per heavy atom. The van der Waals surface area contributed by atoms with E-state index in [1.54, 1.807) is 31.2 Å². The van der Waals surface area contributed by atoms with Crippen molar-refractivity contribution in [2.24, 2.45) is 5.10 Å². The van der Waals surface area contributed by atoms with Gasteiger partial charge in [-0.05, 0) is 30.2 Å². The molecule has 1 N–H and O–H groups in total. The molecule has 0 saturated carbocycles. The first-order valence-corrected chi connectivity index (χ1v) is 9.02. The van der Waals surface area contributed by atoms with E-state index in [1.807, 2.05) is 6.07 Å². The van der Waals surface area contributed by atoms with Crippen molar-refractivity contribution in [3.05, 3.63) is 58.6 Å². The van der Waals surface area contributed by atoms with Crippen LogP contribution in [-0.4, -0.2) is 31.0 Å². The fourth-order valence-electron chi connectivity index (χ4n) is 2.23. The molecule has 2 aromatic rings. The summed E-state index contributed by atoms with van der Waals surface area (Å²) in [6.45, 7) is 1.96. The maximum Gasteiger partial charge on any atom is 0.462 e. The molecule has 0 fully saturated rings. The van der Waals surface area contributed by atoms with E-state index in [0.717, 1.165) is 5.56 Å². The molecule has 0 heterocycles. The fourth-order valence-corrected chi connectivity index (χ4v) is 2.50. The van der Waals surface area contributed by atoms with Crippen molar-refractivity contribution in [2.45, 2.75) is 31.7 Å². The van der Waals surface area contributed by atoms with Gasteiger partial charge in [0.05, 0.1) is 17.8 Å². The molecule has 4 nitrogen and oxygen atoms in total. The van der Waals surface area contributed by atoms with Crippen LogP contribution in [0.2, 0.25) is 5.02 Å². The maximum atomic E-state index is 13.2. The van der Waals surface area contributed by atoms with Gasteiger partial charge in [-0.15, -0.1) is 0 Å². The summed E-state index contributed by atoms with van der Waals surface area (Å²) in [5.74, 6) is -6.10. The molecule has 170 valence electrons. The lowest BCUT2D eigenvalue weighted by Gasteiger charge is -2.27. The van der Waals surface area contributed by atoms with Crippen molar-refractivity contribution in [1.82, 2.24) is 5.43 Å². The lowest BCUT2D eigenvalue weighted by molar-refractivity contribution is -0.361. The molecule has 0 bridgehead atoms. The number of nitrogens with zero attached hydrogens (tertiary/aromatic N) is 1. The van der Waals surface area contributed by atoms with Crippen LogP contribution >= 0.6 is 11.6 Å². The largest absolute Gasteiger partial charge is 0.490 e. The molecule has 0 aliphatic heterocycles. The zero-order chi connectivity index (χ0) is 23.3. The van der Waals surface area contributed by atoms with Gasteiger partial charge in [0.15, 0.2) is 11.5 Å². The third-order valence-corrected chi connectivity index (χ3v) is 4.01. The van der Waals surface area contributed by atoms with Crippen molar-refractivity contribution in [3.8, 4) is 11.5 Å². The molecule has 2 aromatic carbocycles. The molecule has 0 aliphatic carbocycles. The van der Waals surface area contributed by atoms with Gasteiger partial charge >= 0.3 is 18.1 Å². The standard InChI is InChI=1S/C19H16ClF7N2O2/c1-2-30-15-9-13(10-28-29-19(26,27)17(21,22)18(23,24)25)8-14(20)16(15)31-11-12-6-4-3-5-7-12/h3-10,29H,2,11H2,1H3/b28-10+. The summed E-state index contributed by atoms with van der Waals surface area (Å²) in [5, 5.41) is 2.78. The summed E-state index contributed by atoms with van der Waals surface area (Å²) in [6, 6.07) is 5.79. The highest BCUT2D eigenvalue weighted by Crippen LogP contribution is 2.45. The van der Waals surface area contributed by atoms with E-state index < -0.39 is 18.1 Å². The monoisotopic (exact) mass is 472 g/mol. The molecular weight excluding hydrogens is 457 g/mol. The Bertz CT molecular complexity index is 906. The second kappa shape index (κ2) is 9.63. The maximum absolute atomic E-state index is 13.2. The van der Waals surface area contributed by atoms with Gasteiger partial charge in [0.2, 0.25) is 0 Å². The van der Waals surface area contributed by atoms with E-state index in [9.17, 15) is 30.7 Å². The molecule has 31 heavy (non-hydrogen) atoms. The average Bonchev–Trinajstić information content (AvgIpc) is 2.67. The number of rotatable bonds is 9. The van der Waals surface area contributed by atoms with Gasteiger partial charge in [0.1, 0.15) is 6.61 Å². The van der Waals surface area contributed by atoms with Crippen LogP contribution in [0.15, 0.2) is 47.6 Å². The third-order valence-electron chi connectivity index (χ3n) is 3.73. The Morgan fingerprint density at radius 3 is 2.23 bits per heavy atom. The van der Waals surface area contributed by atoms with Crippen molar-refractivity contribution >= 4 is 17.8 Å². The van der Waals surface area contributed by atoms with Crippen LogP contribution in [-0.2, 0) is 6.61 Å². The van der Waals surface area contributed by atoms with Crippen LogP contribution in [0.1, 0.15) is 18.1 Å². The van der Waals surface area contributed by atoms with Gasteiger partial charge in [0, 0.05) is 0 Å². The summed E-state index contributed by atoms with van der Waals surface area (Å²) in [4.78, 5) is 0.